The average molecular weight is 608 g/mol. The molecule has 1 unspecified atom stereocenters. The molecular weight excluding hydrogens is 570 g/mol. The van der Waals surface area contributed by atoms with Gasteiger partial charge in [0.1, 0.15) is 17.5 Å². The molecule has 1 heterocycles. The number of methoxy groups -OCH3 is 1. The van der Waals surface area contributed by atoms with Gasteiger partial charge in [-0.15, -0.1) is 6.58 Å². The molecule has 3 aromatic carbocycles. The van der Waals surface area contributed by atoms with Gasteiger partial charge in [0.25, 0.3) is 5.91 Å². The Balaban J connectivity index is 1.54. The van der Waals surface area contributed by atoms with E-state index in [2.05, 4.69) is 11.9 Å². The van der Waals surface area contributed by atoms with Crippen LogP contribution in [0.15, 0.2) is 96.4 Å². The number of nitrogens with one attached hydrogen (secondary N) is 1. The number of amides is 2. The molecule has 43 heavy (non-hydrogen) atoms. The third-order valence-corrected chi connectivity index (χ3v) is 8.91. The van der Waals surface area contributed by atoms with Crippen LogP contribution in [0.1, 0.15) is 11.1 Å². The molecule has 3 aromatic rings. The molecule has 1 saturated heterocycles. The molecule has 0 bridgehead atoms. The number of carbonyl (C=O) groups excluding carboxylic acids is 2. The lowest BCUT2D eigenvalue weighted by Gasteiger charge is -2.31. The maximum atomic E-state index is 13.7. The zero-order chi connectivity index (χ0) is 30.7. The molecule has 1 aliphatic heterocycles. The van der Waals surface area contributed by atoms with Crippen molar-refractivity contribution in [2.45, 2.75) is 23.9 Å². The van der Waals surface area contributed by atoms with Crippen molar-refractivity contribution in [2.24, 2.45) is 0 Å². The Morgan fingerprint density at radius 1 is 0.977 bits per heavy atom. The molecule has 0 radical (unpaired) electrons. The molecule has 1 aliphatic rings. The van der Waals surface area contributed by atoms with Crippen LogP contribution in [0, 0.1) is 0 Å². The lowest BCUT2D eigenvalue weighted by molar-refractivity contribution is -0.142. The van der Waals surface area contributed by atoms with Crippen molar-refractivity contribution in [2.75, 3.05) is 46.6 Å². The van der Waals surface area contributed by atoms with Gasteiger partial charge in [-0.05, 0) is 47.5 Å². The van der Waals surface area contributed by atoms with E-state index in [1.807, 2.05) is 42.5 Å². The van der Waals surface area contributed by atoms with Crippen molar-refractivity contribution in [1.82, 2.24) is 14.5 Å². The molecule has 228 valence electrons. The Bertz CT molecular complexity index is 1460. The van der Waals surface area contributed by atoms with Crippen LogP contribution in [-0.4, -0.2) is 82.0 Å². The van der Waals surface area contributed by atoms with E-state index in [1.54, 1.807) is 25.3 Å². The number of sulfonamides is 1. The molecule has 0 aromatic heterocycles. The van der Waals surface area contributed by atoms with E-state index >= 15 is 0 Å². The van der Waals surface area contributed by atoms with Crippen LogP contribution in [0.3, 0.4) is 0 Å². The molecule has 0 aliphatic carbocycles. The van der Waals surface area contributed by atoms with Crippen molar-refractivity contribution in [3.8, 4) is 11.5 Å². The van der Waals surface area contributed by atoms with Crippen molar-refractivity contribution in [1.29, 1.82) is 0 Å². The average Bonchev–Trinajstić information content (AvgIpc) is 3.05. The van der Waals surface area contributed by atoms with Gasteiger partial charge in [-0.3, -0.25) is 9.59 Å². The summed E-state index contributed by atoms with van der Waals surface area (Å²) in [5.74, 6) is 0.279. The first kappa shape index (κ1) is 31.7. The predicted octanol–water partition coefficient (Wildman–Crippen LogP) is 3.04. The van der Waals surface area contributed by atoms with Crippen LogP contribution in [0.2, 0.25) is 0 Å². The molecule has 11 heteroatoms. The molecular formula is C32H37N3O7S. The topological polar surface area (TPSA) is 114 Å². The van der Waals surface area contributed by atoms with Gasteiger partial charge in [0.05, 0.1) is 25.2 Å². The van der Waals surface area contributed by atoms with Gasteiger partial charge in [0.2, 0.25) is 15.9 Å². The minimum atomic E-state index is -3.66. The minimum Gasteiger partial charge on any atom is -0.497 e. The summed E-state index contributed by atoms with van der Waals surface area (Å²) in [6.07, 6.45) is 1.87. The summed E-state index contributed by atoms with van der Waals surface area (Å²) in [6, 6.07) is 21.9. The van der Waals surface area contributed by atoms with Crippen molar-refractivity contribution < 1.29 is 32.2 Å². The smallest absolute Gasteiger partial charge is 0.261 e. The monoisotopic (exact) mass is 607 g/mol. The summed E-state index contributed by atoms with van der Waals surface area (Å²) in [5.41, 5.74) is 1.70. The third-order valence-electron chi connectivity index (χ3n) is 7.00. The normalized spacial score (nSPS) is 14.3. The first-order valence-corrected chi connectivity index (χ1v) is 15.4. The summed E-state index contributed by atoms with van der Waals surface area (Å²) < 4.78 is 43.6. The Labute approximate surface area is 252 Å². The van der Waals surface area contributed by atoms with Crippen LogP contribution >= 0.6 is 0 Å². The first-order chi connectivity index (χ1) is 20.8. The fourth-order valence-electron chi connectivity index (χ4n) is 4.64. The van der Waals surface area contributed by atoms with Crippen LogP contribution in [0.25, 0.3) is 0 Å². The van der Waals surface area contributed by atoms with Gasteiger partial charge < -0.3 is 24.4 Å². The Hall–Kier alpha value is -4.19. The van der Waals surface area contributed by atoms with Crippen LogP contribution in [-0.2, 0) is 37.3 Å². The number of ether oxygens (including phenoxy) is 3. The summed E-state index contributed by atoms with van der Waals surface area (Å²) in [4.78, 5) is 28.8. The van der Waals surface area contributed by atoms with E-state index in [-0.39, 0.29) is 30.5 Å². The second kappa shape index (κ2) is 15.3. The van der Waals surface area contributed by atoms with Gasteiger partial charge >= 0.3 is 0 Å². The van der Waals surface area contributed by atoms with Crippen LogP contribution in [0.4, 0.5) is 0 Å². The molecule has 2 amide bonds. The second-order valence-corrected chi connectivity index (χ2v) is 11.8. The third kappa shape index (κ3) is 8.66. The molecule has 0 saturated carbocycles. The van der Waals surface area contributed by atoms with E-state index in [9.17, 15) is 18.0 Å². The maximum Gasteiger partial charge on any atom is 0.261 e. The minimum absolute atomic E-state index is 0.135. The van der Waals surface area contributed by atoms with Gasteiger partial charge in [-0.1, -0.05) is 48.5 Å². The van der Waals surface area contributed by atoms with Gasteiger partial charge in [0.15, 0.2) is 6.61 Å². The highest BCUT2D eigenvalue weighted by molar-refractivity contribution is 7.89. The van der Waals surface area contributed by atoms with E-state index in [0.717, 1.165) is 11.1 Å². The number of benzene rings is 3. The van der Waals surface area contributed by atoms with Crippen molar-refractivity contribution in [3.63, 3.8) is 0 Å². The number of rotatable bonds is 14. The molecule has 1 fully saturated rings. The molecule has 1 atom stereocenters. The molecule has 10 nitrogen and oxygen atoms in total. The quantitative estimate of drug-likeness (QED) is 0.280. The van der Waals surface area contributed by atoms with Crippen molar-refractivity contribution >= 4 is 21.8 Å². The van der Waals surface area contributed by atoms with E-state index in [0.29, 0.717) is 44.2 Å². The zero-order valence-corrected chi connectivity index (χ0v) is 25.0. The van der Waals surface area contributed by atoms with Crippen LogP contribution in [0.5, 0.6) is 11.5 Å². The van der Waals surface area contributed by atoms with E-state index in [1.165, 1.54) is 33.5 Å². The van der Waals surface area contributed by atoms with E-state index in [4.69, 9.17) is 14.2 Å². The fourth-order valence-corrected chi connectivity index (χ4v) is 6.05. The lowest BCUT2D eigenvalue weighted by Crippen LogP contribution is -2.51. The number of nitrogens with zero attached hydrogens (tertiary/aromatic N) is 2. The van der Waals surface area contributed by atoms with Gasteiger partial charge in [-0.2, -0.15) is 4.31 Å². The van der Waals surface area contributed by atoms with Crippen LogP contribution < -0.4 is 14.8 Å². The largest absolute Gasteiger partial charge is 0.497 e. The highest BCUT2D eigenvalue weighted by Gasteiger charge is 2.31. The standard InChI is InChI=1S/C32H37N3O7S/c1-3-17-33-32(37)30(22-25-7-5-4-6-8-25)35(23-26-9-11-27(40-2)12-10-26)31(36)24-42-28-13-15-29(16-14-28)43(38,39)34-18-20-41-21-19-34/h3-16,30H,1,17-24H2,2H3,(H,33,37). The Morgan fingerprint density at radius 2 is 1.63 bits per heavy atom. The summed E-state index contributed by atoms with van der Waals surface area (Å²) in [6.45, 7) is 5.03. The predicted molar refractivity (Wildman–Crippen MR) is 162 cm³/mol. The number of carbonyl (C=O) groups is 2. The lowest BCUT2D eigenvalue weighted by atomic mass is 10.0. The first-order valence-electron chi connectivity index (χ1n) is 14.0. The summed E-state index contributed by atoms with van der Waals surface area (Å²) in [7, 11) is -2.08. The van der Waals surface area contributed by atoms with E-state index < -0.39 is 22.0 Å². The Kier molecular flexibility index (Phi) is 11.3. The number of morpholine rings is 1. The molecule has 4 rings (SSSR count). The highest BCUT2D eigenvalue weighted by atomic mass is 32.2. The maximum absolute atomic E-state index is 13.7. The van der Waals surface area contributed by atoms with Gasteiger partial charge in [-0.25, -0.2) is 8.42 Å². The molecule has 0 spiro atoms. The Morgan fingerprint density at radius 3 is 2.26 bits per heavy atom. The zero-order valence-electron chi connectivity index (χ0n) is 24.2. The molecule has 1 N–H and O–H groups in total. The second-order valence-electron chi connectivity index (χ2n) is 9.89. The summed E-state index contributed by atoms with van der Waals surface area (Å²) >= 11 is 0. The van der Waals surface area contributed by atoms with Crippen molar-refractivity contribution in [3.05, 3.63) is 103 Å². The number of hydrogen-bond acceptors (Lipinski definition) is 7. The van der Waals surface area contributed by atoms with Gasteiger partial charge in [0, 0.05) is 32.6 Å². The highest BCUT2D eigenvalue weighted by Crippen LogP contribution is 2.22. The fraction of sp³-hybridized carbons (Fsp3) is 0.312. The summed E-state index contributed by atoms with van der Waals surface area (Å²) in [5, 5.41) is 2.83. The number of hydrogen-bond donors (Lipinski definition) is 1. The SMILES string of the molecule is C=CCNC(=O)C(Cc1ccccc1)N(Cc1ccc(OC)cc1)C(=O)COc1ccc(S(=O)(=O)N2CCOCC2)cc1.